The van der Waals surface area contributed by atoms with E-state index >= 15 is 0 Å². The molecule has 3 heterocycles. The Morgan fingerprint density at radius 1 is 1.25 bits per heavy atom. The maximum atomic E-state index is 6.24. The van der Waals surface area contributed by atoms with E-state index in [0.29, 0.717) is 17.3 Å². The molecule has 0 atom stereocenters. The quantitative estimate of drug-likeness (QED) is 0.730. The first-order valence-corrected chi connectivity index (χ1v) is 8.01. The lowest BCUT2D eigenvalue weighted by Crippen LogP contribution is -2.09. The number of nitrogen functional groups attached to an aromatic ring is 1. The molecule has 2 N–H and O–H groups in total. The number of ether oxygens (including phenoxy) is 1. The molecule has 3 aromatic rings. The molecule has 126 valence electrons. The molecule has 0 fully saturated rings. The second-order valence-electron chi connectivity index (χ2n) is 5.58. The number of hydrogen-bond donors (Lipinski definition) is 1. The van der Waals surface area contributed by atoms with Gasteiger partial charge in [0.1, 0.15) is 10.9 Å². The lowest BCUT2D eigenvalue weighted by molar-refractivity contribution is 0.406. The lowest BCUT2D eigenvalue weighted by Gasteiger charge is -2.12. The molecule has 3 aromatic heterocycles. The zero-order valence-corrected chi connectivity index (χ0v) is 14.8. The van der Waals surface area contributed by atoms with Crippen LogP contribution in [0.5, 0.6) is 5.75 Å². The van der Waals surface area contributed by atoms with Crippen molar-refractivity contribution in [2.45, 2.75) is 33.7 Å². The standard InChI is InChI=1S/C16H19ClN6O/c1-5-10-12-14(17)20-16(18)21-15(12)23(22-10)7-11-9(3)13(24-4)8(2)6-19-11/h6H,5,7H2,1-4H3,(H2,18,20,21). The SMILES string of the molecule is CCc1nn(Cc2ncc(C)c(OC)c2C)c2nc(N)nc(Cl)c12. The number of fused-ring (bicyclic) bond motifs is 1. The van der Waals surface area contributed by atoms with E-state index in [2.05, 4.69) is 20.1 Å². The van der Waals surface area contributed by atoms with Crippen molar-refractivity contribution in [1.29, 1.82) is 0 Å². The molecule has 8 heteroatoms. The van der Waals surface area contributed by atoms with Crippen molar-refractivity contribution in [2.75, 3.05) is 12.8 Å². The number of aryl methyl sites for hydroxylation is 2. The Kier molecular flexibility index (Phi) is 4.28. The highest BCUT2D eigenvalue weighted by Gasteiger charge is 2.18. The van der Waals surface area contributed by atoms with Crippen LogP contribution < -0.4 is 10.5 Å². The number of nitrogens with two attached hydrogens (primary N) is 1. The molecule has 0 saturated carbocycles. The van der Waals surface area contributed by atoms with Crippen molar-refractivity contribution in [2.24, 2.45) is 0 Å². The maximum absolute atomic E-state index is 6.24. The predicted octanol–water partition coefficient (Wildman–Crippen LogP) is 2.69. The van der Waals surface area contributed by atoms with Gasteiger partial charge in [0, 0.05) is 17.3 Å². The molecular weight excluding hydrogens is 328 g/mol. The number of rotatable bonds is 4. The Hall–Kier alpha value is -2.41. The summed E-state index contributed by atoms with van der Waals surface area (Å²) in [5, 5.41) is 5.68. The fourth-order valence-corrected chi connectivity index (χ4v) is 3.13. The minimum absolute atomic E-state index is 0.127. The Balaban J connectivity index is 2.15. The highest BCUT2D eigenvalue weighted by Crippen LogP contribution is 2.28. The van der Waals surface area contributed by atoms with Gasteiger partial charge in [-0.3, -0.25) is 4.98 Å². The fourth-order valence-electron chi connectivity index (χ4n) is 2.85. The van der Waals surface area contributed by atoms with Gasteiger partial charge in [-0.1, -0.05) is 18.5 Å². The van der Waals surface area contributed by atoms with Gasteiger partial charge < -0.3 is 10.5 Å². The van der Waals surface area contributed by atoms with Gasteiger partial charge in [-0.2, -0.15) is 10.1 Å². The summed E-state index contributed by atoms with van der Waals surface area (Å²) in [5.41, 5.74) is 10.0. The third-order valence-corrected chi connectivity index (χ3v) is 4.30. The number of anilines is 1. The number of nitrogens with zero attached hydrogens (tertiary/aromatic N) is 5. The molecule has 0 radical (unpaired) electrons. The Morgan fingerprint density at radius 3 is 2.67 bits per heavy atom. The van der Waals surface area contributed by atoms with Crippen molar-refractivity contribution in [3.63, 3.8) is 0 Å². The Morgan fingerprint density at radius 2 is 2.00 bits per heavy atom. The van der Waals surface area contributed by atoms with E-state index in [1.54, 1.807) is 18.0 Å². The van der Waals surface area contributed by atoms with Crippen molar-refractivity contribution >= 4 is 28.6 Å². The van der Waals surface area contributed by atoms with Gasteiger partial charge in [0.25, 0.3) is 0 Å². The average Bonchev–Trinajstić information content (AvgIpc) is 2.88. The zero-order chi connectivity index (χ0) is 17.4. The number of hydrogen-bond acceptors (Lipinski definition) is 6. The van der Waals surface area contributed by atoms with Gasteiger partial charge in [-0.05, 0) is 20.3 Å². The van der Waals surface area contributed by atoms with E-state index in [-0.39, 0.29) is 5.95 Å². The first-order chi connectivity index (χ1) is 11.5. The molecule has 0 unspecified atom stereocenters. The summed E-state index contributed by atoms with van der Waals surface area (Å²) in [5.74, 6) is 0.960. The molecule has 0 aromatic carbocycles. The summed E-state index contributed by atoms with van der Waals surface area (Å²) < 4.78 is 7.24. The highest BCUT2D eigenvalue weighted by molar-refractivity contribution is 6.34. The summed E-state index contributed by atoms with van der Waals surface area (Å²) in [7, 11) is 1.66. The van der Waals surface area contributed by atoms with Crippen molar-refractivity contribution in [3.8, 4) is 5.75 Å². The number of pyridine rings is 1. The summed E-state index contributed by atoms with van der Waals surface area (Å²) in [6.07, 6.45) is 2.52. The third kappa shape index (κ3) is 2.65. The van der Waals surface area contributed by atoms with Crippen LogP contribution in [0.4, 0.5) is 5.95 Å². The van der Waals surface area contributed by atoms with E-state index < -0.39 is 0 Å². The first-order valence-electron chi connectivity index (χ1n) is 7.63. The molecule has 0 bridgehead atoms. The van der Waals surface area contributed by atoms with Crippen LogP contribution in [0, 0.1) is 13.8 Å². The summed E-state index contributed by atoms with van der Waals surface area (Å²) in [6.45, 7) is 6.41. The van der Waals surface area contributed by atoms with E-state index in [9.17, 15) is 0 Å². The van der Waals surface area contributed by atoms with Crippen LogP contribution in [0.15, 0.2) is 6.20 Å². The minimum Gasteiger partial charge on any atom is -0.496 e. The van der Waals surface area contributed by atoms with E-state index in [0.717, 1.165) is 40.1 Å². The lowest BCUT2D eigenvalue weighted by atomic mass is 10.1. The Bertz CT molecular complexity index is 921. The smallest absolute Gasteiger partial charge is 0.223 e. The van der Waals surface area contributed by atoms with Gasteiger partial charge in [-0.25, -0.2) is 9.67 Å². The normalized spacial score (nSPS) is 11.2. The number of aromatic nitrogens is 5. The summed E-state index contributed by atoms with van der Waals surface area (Å²) in [4.78, 5) is 12.9. The van der Waals surface area contributed by atoms with E-state index in [4.69, 9.17) is 22.1 Å². The maximum Gasteiger partial charge on any atom is 0.223 e. The van der Waals surface area contributed by atoms with Crippen LogP contribution in [0.1, 0.15) is 29.4 Å². The second-order valence-corrected chi connectivity index (χ2v) is 5.93. The van der Waals surface area contributed by atoms with Crippen LogP contribution in [-0.2, 0) is 13.0 Å². The zero-order valence-electron chi connectivity index (χ0n) is 14.1. The van der Waals surface area contributed by atoms with Crippen LogP contribution >= 0.6 is 11.6 Å². The molecular formula is C16H19ClN6O. The van der Waals surface area contributed by atoms with Gasteiger partial charge in [-0.15, -0.1) is 0 Å². The van der Waals surface area contributed by atoms with Crippen molar-refractivity contribution in [1.82, 2.24) is 24.7 Å². The summed E-state index contributed by atoms with van der Waals surface area (Å²) >= 11 is 6.24. The molecule has 24 heavy (non-hydrogen) atoms. The van der Waals surface area contributed by atoms with E-state index in [1.807, 2.05) is 20.8 Å². The average molecular weight is 347 g/mol. The fraction of sp³-hybridized carbons (Fsp3) is 0.375. The number of methoxy groups -OCH3 is 1. The first kappa shape index (κ1) is 16.4. The van der Waals surface area contributed by atoms with Crippen LogP contribution in [0.2, 0.25) is 5.15 Å². The summed E-state index contributed by atoms with van der Waals surface area (Å²) in [6, 6.07) is 0. The molecule has 0 amide bonds. The van der Waals surface area contributed by atoms with Crippen molar-refractivity contribution in [3.05, 3.63) is 33.9 Å². The Labute approximate surface area is 144 Å². The van der Waals surface area contributed by atoms with Crippen LogP contribution in [0.25, 0.3) is 11.0 Å². The molecule has 3 rings (SSSR count). The van der Waals surface area contributed by atoms with Gasteiger partial charge in [0.05, 0.1) is 30.4 Å². The van der Waals surface area contributed by atoms with Crippen molar-refractivity contribution < 1.29 is 4.74 Å². The highest BCUT2D eigenvalue weighted by atomic mass is 35.5. The third-order valence-electron chi connectivity index (χ3n) is 4.02. The van der Waals surface area contributed by atoms with Gasteiger partial charge in [0.15, 0.2) is 5.65 Å². The molecule has 0 aliphatic heterocycles. The van der Waals surface area contributed by atoms with Crippen LogP contribution in [0.3, 0.4) is 0 Å². The molecule has 0 aliphatic rings. The van der Waals surface area contributed by atoms with Gasteiger partial charge in [0.2, 0.25) is 5.95 Å². The van der Waals surface area contributed by atoms with Gasteiger partial charge >= 0.3 is 0 Å². The largest absolute Gasteiger partial charge is 0.496 e. The minimum atomic E-state index is 0.127. The van der Waals surface area contributed by atoms with E-state index in [1.165, 1.54) is 0 Å². The molecule has 7 nitrogen and oxygen atoms in total. The molecule has 0 saturated heterocycles. The topological polar surface area (TPSA) is 91.7 Å². The predicted molar refractivity (Wildman–Crippen MR) is 93.5 cm³/mol. The van der Waals surface area contributed by atoms with Crippen LogP contribution in [-0.4, -0.2) is 31.8 Å². The second kappa shape index (κ2) is 6.24. The molecule has 0 spiro atoms. The molecule has 0 aliphatic carbocycles. The monoisotopic (exact) mass is 346 g/mol. The number of halogens is 1.